The minimum Gasteiger partial charge on any atom is -0.478 e. The van der Waals surface area contributed by atoms with Gasteiger partial charge in [0, 0.05) is 0 Å². The van der Waals surface area contributed by atoms with E-state index in [1.54, 1.807) is 55.5 Å². The number of rotatable bonds is 5. The summed E-state index contributed by atoms with van der Waals surface area (Å²) >= 11 is 0. The number of benzene rings is 3. The van der Waals surface area contributed by atoms with Crippen LogP contribution in [0.3, 0.4) is 0 Å². The predicted molar refractivity (Wildman–Crippen MR) is 115 cm³/mol. The molecule has 0 aliphatic carbocycles. The van der Waals surface area contributed by atoms with Gasteiger partial charge in [-0.2, -0.15) is 0 Å². The number of aromatic carboxylic acids is 1. The Morgan fingerprint density at radius 2 is 1.17 bits per heavy atom. The van der Waals surface area contributed by atoms with E-state index in [2.05, 4.69) is 0 Å². The molecular formula is C22H22O6S2. The van der Waals surface area contributed by atoms with Crippen LogP contribution in [0.4, 0.5) is 0 Å². The van der Waals surface area contributed by atoms with Gasteiger partial charge >= 0.3 is 5.97 Å². The lowest BCUT2D eigenvalue weighted by Crippen LogP contribution is -2.16. The van der Waals surface area contributed by atoms with Crippen LogP contribution in [-0.2, 0) is 19.7 Å². The summed E-state index contributed by atoms with van der Waals surface area (Å²) < 4.78 is 48.2. The summed E-state index contributed by atoms with van der Waals surface area (Å²) in [4.78, 5) is 10.6. The fraction of sp³-hybridized carbons (Fsp3) is 0.136. The van der Waals surface area contributed by atoms with E-state index in [0.29, 0.717) is 5.56 Å². The van der Waals surface area contributed by atoms with Gasteiger partial charge in [-0.15, -0.1) is 0 Å². The summed E-state index contributed by atoms with van der Waals surface area (Å²) in [7, 11) is -7.71. The highest BCUT2D eigenvalue weighted by Gasteiger charge is 2.25. The van der Waals surface area contributed by atoms with Crippen LogP contribution in [0, 0.1) is 13.8 Å². The first-order valence-corrected chi connectivity index (χ1v) is 12.2. The molecule has 0 aromatic heterocycles. The molecule has 1 N–H and O–H groups in total. The second kappa shape index (κ2) is 9.69. The van der Waals surface area contributed by atoms with Gasteiger partial charge in [-0.1, -0.05) is 54.1 Å². The molecule has 0 fully saturated rings. The molecule has 3 rings (SSSR count). The molecular weight excluding hydrogens is 424 g/mol. The quantitative estimate of drug-likeness (QED) is 0.637. The Bertz CT molecular complexity index is 1150. The van der Waals surface area contributed by atoms with Crippen LogP contribution in [0.15, 0.2) is 88.7 Å². The van der Waals surface area contributed by atoms with Crippen molar-refractivity contribution in [1.82, 2.24) is 0 Å². The van der Waals surface area contributed by atoms with Crippen LogP contribution in [-0.4, -0.2) is 33.0 Å². The molecule has 0 atom stereocenters. The molecule has 0 amide bonds. The summed E-state index contributed by atoms with van der Waals surface area (Å²) in [6.45, 7) is 3.75. The number of hydrogen-bond acceptors (Lipinski definition) is 5. The van der Waals surface area contributed by atoms with Crippen molar-refractivity contribution in [2.45, 2.75) is 23.6 Å². The lowest BCUT2D eigenvalue weighted by atomic mass is 10.1. The van der Waals surface area contributed by atoms with Gasteiger partial charge in [0.15, 0.2) is 24.8 Å². The zero-order chi connectivity index (χ0) is 22.4. The average molecular weight is 447 g/mol. The first-order chi connectivity index (χ1) is 14.0. The number of aryl methyl sites for hydroxylation is 2. The fourth-order valence-corrected chi connectivity index (χ4v) is 6.52. The van der Waals surface area contributed by atoms with Crippen molar-refractivity contribution >= 4 is 25.6 Å². The molecule has 0 saturated heterocycles. The molecule has 0 saturated carbocycles. The predicted octanol–water partition coefficient (Wildman–Crippen LogP) is 3.89. The molecule has 0 radical (unpaired) electrons. The highest BCUT2D eigenvalue weighted by molar-refractivity contribution is 8.08. The van der Waals surface area contributed by atoms with Crippen LogP contribution in [0.2, 0.25) is 0 Å². The Morgan fingerprint density at radius 1 is 0.733 bits per heavy atom. The van der Waals surface area contributed by atoms with Gasteiger partial charge < -0.3 is 5.11 Å². The van der Waals surface area contributed by atoms with Crippen LogP contribution in [0.25, 0.3) is 0 Å². The number of carbonyl (C=O) groups is 1. The van der Waals surface area contributed by atoms with E-state index in [9.17, 15) is 21.6 Å². The van der Waals surface area contributed by atoms with Crippen LogP contribution < -0.4 is 0 Å². The first kappa shape index (κ1) is 23.3. The van der Waals surface area contributed by atoms with Crippen molar-refractivity contribution in [2.75, 3.05) is 5.08 Å². The maximum atomic E-state index is 12.0. The standard InChI is InChI=1S/C13H12O4S2.C9H10O2/c14-18(15,12-7-3-1-4-8-12)11-19(16,17)13-9-5-2-6-10-13;1-6-3-4-8(9(10)11)7(2)5-6/h1-10H,11H2;3-5H,1-2H3,(H,10,11). The largest absolute Gasteiger partial charge is 0.478 e. The zero-order valence-electron chi connectivity index (χ0n) is 16.5. The summed E-state index contributed by atoms with van der Waals surface area (Å²) in [6, 6.07) is 20.4. The van der Waals surface area contributed by atoms with Gasteiger partial charge in [0.25, 0.3) is 0 Å². The molecule has 158 valence electrons. The topological polar surface area (TPSA) is 106 Å². The molecule has 0 bridgehead atoms. The number of carboxylic acids is 1. The maximum absolute atomic E-state index is 12.0. The van der Waals surface area contributed by atoms with Gasteiger partial charge in [0.1, 0.15) is 0 Å². The van der Waals surface area contributed by atoms with Crippen LogP contribution >= 0.6 is 0 Å². The monoisotopic (exact) mass is 446 g/mol. The fourth-order valence-electron chi connectivity index (χ4n) is 2.65. The molecule has 0 aliphatic rings. The van der Waals surface area contributed by atoms with Crippen molar-refractivity contribution in [3.8, 4) is 0 Å². The number of carboxylic acid groups (broad SMARTS) is 1. The third-order valence-electron chi connectivity index (χ3n) is 4.13. The minimum atomic E-state index is -3.85. The first-order valence-electron chi connectivity index (χ1n) is 8.89. The Hall–Kier alpha value is -2.97. The Balaban J connectivity index is 0.000000248. The molecule has 8 heteroatoms. The van der Waals surface area contributed by atoms with Crippen molar-refractivity contribution in [1.29, 1.82) is 0 Å². The van der Waals surface area contributed by atoms with Crippen molar-refractivity contribution in [3.63, 3.8) is 0 Å². The molecule has 3 aromatic carbocycles. The van der Waals surface area contributed by atoms with Gasteiger partial charge in [-0.05, 0) is 49.7 Å². The normalized spacial score (nSPS) is 11.3. The highest BCUT2D eigenvalue weighted by atomic mass is 32.3. The average Bonchev–Trinajstić information content (AvgIpc) is 2.69. The smallest absolute Gasteiger partial charge is 0.335 e. The van der Waals surface area contributed by atoms with Crippen LogP contribution in [0.5, 0.6) is 0 Å². The van der Waals surface area contributed by atoms with Crippen molar-refractivity contribution < 1.29 is 26.7 Å². The molecule has 3 aromatic rings. The zero-order valence-corrected chi connectivity index (χ0v) is 18.2. The third-order valence-corrected chi connectivity index (χ3v) is 8.59. The lowest BCUT2D eigenvalue weighted by molar-refractivity contribution is 0.0696. The Labute approximate surface area is 176 Å². The second-order valence-electron chi connectivity index (χ2n) is 6.60. The van der Waals surface area contributed by atoms with E-state index in [4.69, 9.17) is 5.11 Å². The molecule has 0 unspecified atom stereocenters. The number of sulfone groups is 2. The van der Waals surface area contributed by atoms with Gasteiger partial charge in [0.2, 0.25) is 0 Å². The van der Waals surface area contributed by atoms with Gasteiger partial charge in [-0.3, -0.25) is 0 Å². The van der Waals surface area contributed by atoms with Crippen molar-refractivity contribution in [3.05, 3.63) is 95.6 Å². The van der Waals surface area contributed by atoms with Crippen LogP contribution in [0.1, 0.15) is 21.5 Å². The van der Waals surface area contributed by atoms with E-state index in [-0.39, 0.29) is 9.79 Å². The van der Waals surface area contributed by atoms with Gasteiger partial charge in [-0.25, -0.2) is 21.6 Å². The maximum Gasteiger partial charge on any atom is 0.335 e. The summed E-state index contributed by atoms with van der Waals surface area (Å²) in [5.41, 5.74) is 2.29. The molecule has 0 aliphatic heterocycles. The van der Waals surface area contributed by atoms with E-state index in [1.807, 2.05) is 13.0 Å². The minimum absolute atomic E-state index is 0.00880. The molecule has 30 heavy (non-hydrogen) atoms. The summed E-state index contributed by atoms with van der Waals surface area (Å²) in [6.07, 6.45) is 0. The molecule has 0 spiro atoms. The van der Waals surface area contributed by atoms with Gasteiger partial charge in [0.05, 0.1) is 15.4 Å². The van der Waals surface area contributed by atoms with E-state index >= 15 is 0 Å². The molecule has 0 heterocycles. The second-order valence-corrected chi connectivity index (χ2v) is 10.9. The third kappa shape index (κ3) is 6.27. The number of hydrogen-bond donors (Lipinski definition) is 1. The SMILES string of the molecule is Cc1ccc(C(=O)O)c(C)c1.O=S(=O)(CS(=O)(=O)c1ccccc1)c1ccccc1. The van der Waals surface area contributed by atoms with E-state index in [0.717, 1.165) is 11.1 Å². The lowest BCUT2D eigenvalue weighted by Gasteiger charge is -2.06. The van der Waals surface area contributed by atoms with E-state index < -0.39 is 30.7 Å². The summed E-state index contributed by atoms with van der Waals surface area (Å²) in [5, 5.41) is 7.73. The highest BCUT2D eigenvalue weighted by Crippen LogP contribution is 2.18. The van der Waals surface area contributed by atoms with Crippen molar-refractivity contribution in [2.24, 2.45) is 0 Å². The van der Waals surface area contributed by atoms with E-state index in [1.165, 1.54) is 24.3 Å². The Kier molecular flexibility index (Phi) is 7.53. The molecule has 6 nitrogen and oxygen atoms in total. The Morgan fingerprint density at radius 3 is 1.53 bits per heavy atom. The summed E-state index contributed by atoms with van der Waals surface area (Å²) in [5.74, 6) is -0.859.